The molecule has 0 radical (unpaired) electrons. The van der Waals surface area contributed by atoms with Gasteiger partial charge in [-0.1, -0.05) is 36.4 Å². The highest BCUT2D eigenvalue weighted by Gasteiger charge is 2.16. The maximum Gasteiger partial charge on any atom is 0.220 e. The first kappa shape index (κ1) is 24.3. The number of nitrogens with one attached hydrogen (secondary N) is 1. The fourth-order valence-electron chi connectivity index (χ4n) is 4.04. The number of carbonyl (C=O) groups excluding carboxylic acids is 1. The summed E-state index contributed by atoms with van der Waals surface area (Å²) in [6.45, 7) is 2.89. The Kier molecular flexibility index (Phi) is 8.00. The van der Waals surface area contributed by atoms with Crippen LogP contribution in [0.25, 0.3) is 16.7 Å². The van der Waals surface area contributed by atoms with Crippen molar-refractivity contribution < 1.29 is 19.0 Å². The van der Waals surface area contributed by atoms with Crippen LogP contribution in [0, 0.1) is 0 Å². The summed E-state index contributed by atoms with van der Waals surface area (Å²) in [4.78, 5) is 17.6. The van der Waals surface area contributed by atoms with Crippen molar-refractivity contribution in [1.29, 1.82) is 0 Å². The van der Waals surface area contributed by atoms with E-state index in [2.05, 4.69) is 28.1 Å². The van der Waals surface area contributed by atoms with Crippen molar-refractivity contribution in [2.45, 2.75) is 25.8 Å². The van der Waals surface area contributed by atoms with Gasteiger partial charge in [0.05, 0.1) is 30.8 Å². The molecule has 1 atom stereocenters. The summed E-state index contributed by atoms with van der Waals surface area (Å²) in [6, 6.07) is 23.6. The number of fused-ring (bicyclic) bond motifs is 1. The third kappa shape index (κ3) is 5.81. The molecule has 7 nitrogen and oxygen atoms in total. The highest BCUT2D eigenvalue weighted by atomic mass is 16.5. The molecule has 4 aromatic rings. The molecule has 0 aliphatic carbocycles. The van der Waals surface area contributed by atoms with Crippen molar-refractivity contribution in [2.24, 2.45) is 0 Å². The summed E-state index contributed by atoms with van der Waals surface area (Å²) in [5.41, 5.74) is 3.91. The van der Waals surface area contributed by atoms with E-state index in [0.29, 0.717) is 37.6 Å². The minimum absolute atomic E-state index is 0.0384. The first-order chi connectivity index (χ1) is 17.1. The number of hydrogen-bond donors (Lipinski definition) is 1. The van der Waals surface area contributed by atoms with E-state index in [1.165, 1.54) is 0 Å². The normalized spacial score (nSPS) is 11.9. The van der Waals surface area contributed by atoms with Gasteiger partial charge in [0.25, 0.3) is 0 Å². The molecule has 0 bridgehead atoms. The maximum atomic E-state index is 12.8. The van der Waals surface area contributed by atoms with Gasteiger partial charge in [-0.05, 0) is 48.9 Å². The molecule has 1 unspecified atom stereocenters. The van der Waals surface area contributed by atoms with Gasteiger partial charge in [-0.2, -0.15) is 0 Å². The molecule has 0 aliphatic heterocycles. The van der Waals surface area contributed by atoms with Gasteiger partial charge in [0.1, 0.15) is 12.4 Å². The number of nitrogens with zero attached hydrogens (tertiary/aromatic N) is 2. The van der Waals surface area contributed by atoms with Crippen LogP contribution in [-0.2, 0) is 16.0 Å². The van der Waals surface area contributed by atoms with Gasteiger partial charge >= 0.3 is 0 Å². The monoisotopic (exact) mass is 473 g/mol. The summed E-state index contributed by atoms with van der Waals surface area (Å²) in [5, 5.41) is 3.09. The Morgan fingerprint density at radius 3 is 2.51 bits per heavy atom. The standard InChI is InChI=1S/C28H31N3O4/c1-20(21-13-14-25(26(19-21)34-3)35-18-17-33-2)29-28(32)16-15-27-30-23-11-7-8-12-24(23)31(27)22-9-5-4-6-10-22/h4-14,19-20H,15-18H2,1-3H3,(H,29,32). The van der Waals surface area contributed by atoms with Crippen molar-refractivity contribution in [3.63, 3.8) is 0 Å². The zero-order chi connectivity index (χ0) is 24.6. The third-order valence-electron chi connectivity index (χ3n) is 5.83. The highest BCUT2D eigenvalue weighted by Crippen LogP contribution is 2.30. The molecule has 1 aromatic heterocycles. The van der Waals surface area contributed by atoms with E-state index in [0.717, 1.165) is 28.1 Å². The van der Waals surface area contributed by atoms with Crippen LogP contribution in [0.3, 0.4) is 0 Å². The molecule has 1 amide bonds. The molecule has 0 fully saturated rings. The van der Waals surface area contributed by atoms with Crippen LogP contribution in [0.15, 0.2) is 72.8 Å². The second kappa shape index (κ2) is 11.5. The van der Waals surface area contributed by atoms with Crippen molar-refractivity contribution in [3.8, 4) is 17.2 Å². The minimum Gasteiger partial charge on any atom is -0.493 e. The van der Waals surface area contributed by atoms with Crippen LogP contribution in [0.1, 0.15) is 30.8 Å². The lowest BCUT2D eigenvalue weighted by Crippen LogP contribution is -2.27. The first-order valence-corrected chi connectivity index (χ1v) is 11.7. The number of aromatic nitrogens is 2. The zero-order valence-corrected chi connectivity index (χ0v) is 20.4. The van der Waals surface area contributed by atoms with E-state index in [9.17, 15) is 4.79 Å². The van der Waals surface area contributed by atoms with Crippen LogP contribution in [-0.4, -0.2) is 42.9 Å². The molecule has 0 saturated carbocycles. The number of benzene rings is 3. The Bertz CT molecular complexity index is 1270. The number of aryl methyl sites for hydroxylation is 1. The van der Waals surface area contributed by atoms with Gasteiger partial charge in [0.15, 0.2) is 11.5 Å². The fourth-order valence-corrected chi connectivity index (χ4v) is 4.04. The first-order valence-electron chi connectivity index (χ1n) is 11.7. The lowest BCUT2D eigenvalue weighted by molar-refractivity contribution is -0.121. The fraction of sp³-hybridized carbons (Fsp3) is 0.286. The number of methoxy groups -OCH3 is 2. The quantitative estimate of drug-likeness (QED) is 0.315. The Balaban J connectivity index is 1.43. The molecular formula is C28H31N3O4. The van der Waals surface area contributed by atoms with E-state index < -0.39 is 0 Å². The molecule has 1 N–H and O–H groups in total. The van der Waals surface area contributed by atoms with Crippen LogP contribution >= 0.6 is 0 Å². The van der Waals surface area contributed by atoms with Crippen LogP contribution < -0.4 is 14.8 Å². The van der Waals surface area contributed by atoms with Crippen LogP contribution in [0.2, 0.25) is 0 Å². The molecular weight excluding hydrogens is 442 g/mol. The van der Waals surface area contributed by atoms with E-state index in [1.54, 1.807) is 14.2 Å². The van der Waals surface area contributed by atoms with Gasteiger partial charge in [-0.25, -0.2) is 4.98 Å². The van der Waals surface area contributed by atoms with Gasteiger partial charge in [0.2, 0.25) is 5.91 Å². The molecule has 0 saturated heterocycles. The predicted octanol–water partition coefficient (Wildman–Crippen LogP) is 4.87. The van der Waals surface area contributed by atoms with Crippen LogP contribution in [0.4, 0.5) is 0 Å². The zero-order valence-electron chi connectivity index (χ0n) is 20.4. The molecule has 35 heavy (non-hydrogen) atoms. The SMILES string of the molecule is COCCOc1ccc(C(C)NC(=O)CCc2nc3ccccc3n2-c2ccccc2)cc1OC. The number of amides is 1. The van der Waals surface area contributed by atoms with Crippen LogP contribution in [0.5, 0.6) is 11.5 Å². The molecule has 3 aromatic carbocycles. The van der Waals surface area contributed by atoms with E-state index in [4.69, 9.17) is 19.2 Å². The Morgan fingerprint density at radius 1 is 0.971 bits per heavy atom. The smallest absolute Gasteiger partial charge is 0.220 e. The Morgan fingerprint density at radius 2 is 1.74 bits per heavy atom. The largest absolute Gasteiger partial charge is 0.493 e. The Hall–Kier alpha value is -3.84. The van der Waals surface area contributed by atoms with Crippen molar-refractivity contribution in [1.82, 2.24) is 14.9 Å². The summed E-state index contributed by atoms with van der Waals surface area (Å²) in [6.07, 6.45) is 0.855. The van der Waals surface area contributed by atoms with E-state index >= 15 is 0 Å². The molecule has 1 heterocycles. The van der Waals surface area contributed by atoms with Crippen molar-refractivity contribution in [2.75, 3.05) is 27.4 Å². The van der Waals surface area contributed by atoms with Crippen molar-refractivity contribution in [3.05, 3.63) is 84.2 Å². The number of hydrogen-bond acceptors (Lipinski definition) is 5. The average Bonchev–Trinajstić information content (AvgIpc) is 3.26. The maximum absolute atomic E-state index is 12.8. The molecule has 7 heteroatoms. The molecule has 182 valence electrons. The number of carbonyl (C=O) groups is 1. The lowest BCUT2D eigenvalue weighted by Gasteiger charge is -2.17. The molecule has 0 aliphatic rings. The number of para-hydroxylation sites is 3. The van der Waals surface area contributed by atoms with Crippen molar-refractivity contribution >= 4 is 16.9 Å². The number of rotatable bonds is 11. The Labute approximate surface area is 205 Å². The van der Waals surface area contributed by atoms with E-state index in [1.807, 2.05) is 61.5 Å². The van der Waals surface area contributed by atoms with Gasteiger partial charge in [-0.3, -0.25) is 9.36 Å². The number of imidazole rings is 1. The third-order valence-corrected chi connectivity index (χ3v) is 5.83. The van der Waals surface area contributed by atoms with E-state index in [-0.39, 0.29) is 11.9 Å². The second-order valence-electron chi connectivity index (χ2n) is 8.23. The summed E-state index contributed by atoms with van der Waals surface area (Å²) in [5.74, 6) is 2.09. The predicted molar refractivity (Wildman–Crippen MR) is 136 cm³/mol. The van der Waals surface area contributed by atoms with Gasteiger partial charge in [-0.15, -0.1) is 0 Å². The van der Waals surface area contributed by atoms with Gasteiger partial charge in [0, 0.05) is 25.6 Å². The second-order valence-corrected chi connectivity index (χ2v) is 8.23. The lowest BCUT2D eigenvalue weighted by atomic mass is 10.1. The summed E-state index contributed by atoms with van der Waals surface area (Å²) >= 11 is 0. The topological polar surface area (TPSA) is 74.6 Å². The summed E-state index contributed by atoms with van der Waals surface area (Å²) in [7, 11) is 3.23. The highest BCUT2D eigenvalue weighted by molar-refractivity contribution is 5.79. The molecule has 4 rings (SSSR count). The van der Waals surface area contributed by atoms with Gasteiger partial charge < -0.3 is 19.5 Å². The number of ether oxygens (including phenoxy) is 3. The summed E-state index contributed by atoms with van der Waals surface area (Å²) < 4.78 is 18.3. The average molecular weight is 474 g/mol. The minimum atomic E-state index is -0.183. The molecule has 0 spiro atoms.